The number of esters is 1. The maximum atomic E-state index is 12.6. The number of ether oxygens (including phenoxy) is 2. The Morgan fingerprint density at radius 3 is 2.41 bits per heavy atom. The van der Waals surface area contributed by atoms with Crippen LogP contribution in [0.1, 0.15) is 11.1 Å². The first-order valence-electron chi connectivity index (χ1n) is 7.71. The number of hydrogen-bond donors (Lipinski definition) is 1. The fraction of sp³-hybridized carbons (Fsp3) is 0.222. The van der Waals surface area contributed by atoms with Crippen molar-refractivity contribution in [3.8, 4) is 5.75 Å². The van der Waals surface area contributed by atoms with Crippen LogP contribution in [-0.2, 0) is 27.0 Å². The third kappa shape index (κ3) is 7.18. The van der Waals surface area contributed by atoms with Crippen LogP contribution in [0.2, 0.25) is 5.02 Å². The maximum absolute atomic E-state index is 12.6. The number of benzene rings is 2. The quantitative estimate of drug-likeness (QED) is 0.720. The highest BCUT2D eigenvalue weighted by Gasteiger charge is 2.30. The molecule has 0 radical (unpaired) electrons. The highest BCUT2D eigenvalue weighted by molar-refractivity contribution is 6.30. The van der Waals surface area contributed by atoms with Gasteiger partial charge in [-0.1, -0.05) is 29.8 Å². The number of amides is 1. The molecule has 144 valence electrons. The molecule has 0 aliphatic carbocycles. The summed E-state index contributed by atoms with van der Waals surface area (Å²) in [7, 11) is 0. The Hall–Kier alpha value is -2.74. The van der Waals surface area contributed by atoms with Crippen molar-refractivity contribution in [2.24, 2.45) is 0 Å². The van der Waals surface area contributed by atoms with Gasteiger partial charge in [0.05, 0.1) is 5.56 Å². The standard InChI is InChI=1S/C18H15ClF3NO4/c19-14-6-4-12(5-7-14)9-23-16(24)10-27-17(25)11-26-15-3-1-2-13(8-15)18(20,21)22/h1-8H,9-11H2,(H,23,24). The highest BCUT2D eigenvalue weighted by atomic mass is 35.5. The Bertz CT molecular complexity index is 794. The monoisotopic (exact) mass is 401 g/mol. The van der Waals surface area contributed by atoms with Gasteiger partial charge < -0.3 is 14.8 Å². The average Bonchev–Trinajstić information content (AvgIpc) is 2.64. The van der Waals surface area contributed by atoms with Crippen LogP contribution in [0.4, 0.5) is 13.2 Å². The van der Waals surface area contributed by atoms with Gasteiger partial charge in [-0.3, -0.25) is 4.79 Å². The van der Waals surface area contributed by atoms with Crippen molar-refractivity contribution in [2.45, 2.75) is 12.7 Å². The van der Waals surface area contributed by atoms with Gasteiger partial charge in [0, 0.05) is 11.6 Å². The van der Waals surface area contributed by atoms with Gasteiger partial charge in [-0.15, -0.1) is 0 Å². The lowest BCUT2D eigenvalue weighted by Crippen LogP contribution is -2.29. The lowest BCUT2D eigenvalue weighted by Gasteiger charge is -2.10. The van der Waals surface area contributed by atoms with E-state index < -0.39 is 36.8 Å². The van der Waals surface area contributed by atoms with E-state index in [4.69, 9.17) is 21.1 Å². The number of hydrogen-bond acceptors (Lipinski definition) is 4. The summed E-state index contributed by atoms with van der Waals surface area (Å²) in [4.78, 5) is 23.2. The van der Waals surface area contributed by atoms with E-state index in [0.717, 1.165) is 23.8 Å². The number of alkyl halides is 3. The number of halogens is 4. The largest absolute Gasteiger partial charge is 0.482 e. The van der Waals surface area contributed by atoms with Gasteiger partial charge >= 0.3 is 12.1 Å². The second kappa shape index (κ2) is 9.27. The van der Waals surface area contributed by atoms with Crippen molar-refractivity contribution in [1.29, 1.82) is 0 Å². The molecule has 0 aliphatic rings. The molecule has 0 spiro atoms. The highest BCUT2D eigenvalue weighted by Crippen LogP contribution is 2.31. The molecule has 0 bridgehead atoms. The van der Waals surface area contributed by atoms with Crippen LogP contribution >= 0.6 is 11.6 Å². The lowest BCUT2D eigenvalue weighted by atomic mass is 10.2. The van der Waals surface area contributed by atoms with Gasteiger partial charge in [0.25, 0.3) is 5.91 Å². The van der Waals surface area contributed by atoms with Crippen molar-refractivity contribution in [3.63, 3.8) is 0 Å². The molecule has 9 heteroatoms. The molecule has 0 atom stereocenters. The molecule has 0 fully saturated rings. The number of nitrogens with one attached hydrogen (secondary N) is 1. The molecule has 0 aliphatic heterocycles. The fourth-order valence-corrected chi connectivity index (χ4v) is 2.07. The van der Waals surface area contributed by atoms with Gasteiger partial charge in [-0.25, -0.2) is 4.79 Å². The van der Waals surface area contributed by atoms with Gasteiger partial charge in [-0.2, -0.15) is 13.2 Å². The van der Waals surface area contributed by atoms with Crippen molar-refractivity contribution in [2.75, 3.05) is 13.2 Å². The second-order valence-corrected chi connectivity index (χ2v) is 5.81. The van der Waals surface area contributed by atoms with Crippen molar-refractivity contribution < 1.29 is 32.2 Å². The van der Waals surface area contributed by atoms with E-state index in [2.05, 4.69) is 5.32 Å². The van der Waals surface area contributed by atoms with Crippen LogP contribution in [0.3, 0.4) is 0 Å². The molecule has 2 aromatic carbocycles. The van der Waals surface area contributed by atoms with Crippen molar-refractivity contribution in [1.82, 2.24) is 5.32 Å². The third-order valence-corrected chi connectivity index (χ3v) is 3.54. The van der Waals surface area contributed by atoms with Crippen LogP contribution in [0, 0.1) is 0 Å². The van der Waals surface area contributed by atoms with Crippen LogP contribution < -0.4 is 10.1 Å². The van der Waals surface area contributed by atoms with Crippen LogP contribution in [0.15, 0.2) is 48.5 Å². The molecule has 2 rings (SSSR count). The molecule has 5 nitrogen and oxygen atoms in total. The van der Waals surface area contributed by atoms with E-state index in [9.17, 15) is 22.8 Å². The minimum absolute atomic E-state index is 0.131. The summed E-state index contributed by atoms with van der Waals surface area (Å²) in [6, 6.07) is 10.9. The summed E-state index contributed by atoms with van der Waals surface area (Å²) in [5, 5.41) is 3.12. The van der Waals surface area contributed by atoms with Crippen LogP contribution in [0.25, 0.3) is 0 Å². The van der Waals surface area contributed by atoms with E-state index in [1.54, 1.807) is 24.3 Å². The average molecular weight is 402 g/mol. The molecule has 1 amide bonds. The molecule has 0 heterocycles. The smallest absolute Gasteiger partial charge is 0.416 e. The van der Waals surface area contributed by atoms with Gasteiger partial charge in [0.15, 0.2) is 13.2 Å². The first kappa shape index (κ1) is 20.6. The van der Waals surface area contributed by atoms with E-state index in [-0.39, 0.29) is 12.3 Å². The van der Waals surface area contributed by atoms with E-state index in [1.165, 1.54) is 6.07 Å². The first-order valence-corrected chi connectivity index (χ1v) is 8.08. The summed E-state index contributed by atoms with van der Waals surface area (Å²) in [6.45, 7) is -0.918. The molecule has 0 aromatic heterocycles. The Labute approximate surface area is 158 Å². The zero-order chi connectivity index (χ0) is 19.9. The predicted octanol–water partition coefficient (Wildman–Crippen LogP) is 3.60. The molecule has 27 heavy (non-hydrogen) atoms. The number of rotatable bonds is 7. The molecule has 0 saturated carbocycles. The van der Waals surface area contributed by atoms with Crippen LogP contribution in [-0.4, -0.2) is 25.1 Å². The third-order valence-electron chi connectivity index (χ3n) is 3.29. The van der Waals surface area contributed by atoms with E-state index >= 15 is 0 Å². The maximum Gasteiger partial charge on any atom is 0.416 e. The molecule has 0 saturated heterocycles. The summed E-state index contributed by atoms with van der Waals surface area (Å²) in [5.41, 5.74) is -0.0816. The van der Waals surface area contributed by atoms with E-state index in [1.807, 2.05) is 0 Å². The summed E-state index contributed by atoms with van der Waals surface area (Å²) in [6.07, 6.45) is -4.51. The minimum atomic E-state index is -4.51. The Morgan fingerprint density at radius 1 is 1.04 bits per heavy atom. The summed E-state index contributed by atoms with van der Waals surface area (Å²) < 4.78 is 47.4. The zero-order valence-corrected chi connectivity index (χ0v) is 14.6. The topological polar surface area (TPSA) is 64.6 Å². The molecule has 0 unspecified atom stereocenters. The van der Waals surface area contributed by atoms with Crippen LogP contribution in [0.5, 0.6) is 5.75 Å². The van der Waals surface area contributed by atoms with Gasteiger partial charge in [-0.05, 0) is 35.9 Å². The molecular formula is C18H15ClF3NO4. The molecule has 1 N–H and O–H groups in total. The van der Waals surface area contributed by atoms with Gasteiger partial charge in [0.2, 0.25) is 0 Å². The fourth-order valence-electron chi connectivity index (χ4n) is 1.95. The predicted molar refractivity (Wildman–Crippen MR) is 91.2 cm³/mol. The normalized spacial score (nSPS) is 11.0. The Morgan fingerprint density at radius 2 is 1.74 bits per heavy atom. The van der Waals surface area contributed by atoms with Gasteiger partial charge in [0.1, 0.15) is 5.75 Å². The summed E-state index contributed by atoms with van der Waals surface area (Å²) in [5.74, 6) is -1.54. The molecule has 2 aromatic rings. The zero-order valence-electron chi connectivity index (χ0n) is 13.9. The van der Waals surface area contributed by atoms with Crippen molar-refractivity contribution in [3.05, 3.63) is 64.7 Å². The summed E-state index contributed by atoms with van der Waals surface area (Å²) >= 11 is 5.75. The minimum Gasteiger partial charge on any atom is -0.482 e. The Kier molecular flexibility index (Phi) is 7.06. The second-order valence-electron chi connectivity index (χ2n) is 5.38. The number of carbonyl (C=O) groups is 2. The van der Waals surface area contributed by atoms with Crippen molar-refractivity contribution >= 4 is 23.5 Å². The SMILES string of the molecule is O=C(COC(=O)COc1cccc(C(F)(F)F)c1)NCc1ccc(Cl)cc1. The van der Waals surface area contributed by atoms with E-state index in [0.29, 0.717) is 5.02 Å². The first-order chi connectivity index (χ1) is 12.7. The number of carbonyl (C=O) groups excluding carboxylic acids is 2. The molecular weight excluding hydrogens is 387 g/mol. The lowest BCUT2D eigenvalue weighted by molar-refractivity contribution is -0.150. The Balaban J connectivity index is 1.71.